The molecule has 0 aliphatic heterocycles. The van der Waals surface area contributed by atoms with Crippen LogP contribution in [0.15, 0.2) is 18.2 Å². The quantitative estimate of drug-likeness (QED) is 0.872. The van der Waals surface area contributed by atoms with Gasteiger partial charge in [-0.25, -0.2) is 0 Å². The van der Waals surface area contributed by atoms with Crippen molar-refractivity contribution in [2.75, 3.05) is 0 Å². The summed E-state index contributed by atoms with van der Waals surface area (Å²) in [6.07, 6.45) is -3.03. The predicted octanol–water partition coefficient (Wildman–Crippen LogP) is 3.64. The smallest absolute Gasteiger partial charge is 0.328 e. The first-order valence-corrected chi connectivity index (χ1v) is 5.29. The monoisotopic (exact) mass is 251 g/mol. The lowest BCUT2D eigenvalue weighted by Crippen LogP contribution is -2.15. The van der Waals surface area contributed by atoms with Crippen LogP contribution >= 0.6 is 11.6 Å². The van der Waals surface area contributed by atoms with Gasteiger partial charge in [0, 0.05) is 6.04 Å². The summed E-state index contributed by atoms with van der Waals surface area (Å²) >= 11 is 5.58. The molecule has 0 amide bonds. The van der Waals surface area contributed by atoms with E-state index in [-0.39, 0.29) is 11.1 Å². The van der Waals surface area contributed by atoms with Gasteiger partial charge in [0.2, 0.25) is 0 Å². The lowest BCUT2D eigenvalue weighted by atomic mass is 10.0. The summed E-state index contributed by atoms with van der Waals surface area (Å²) in [5.74, 6) is 0. The van der Waals surface area contributed by atoms with Gasteiger partial charge in [0.15, 0.2) is 0 Å². The van der Waals surface area contributed by atoms with Crippen molar-refractivity contribution in [3.63, 3.8) is 0 Å². The summed E-state index contributed by atoms with van der Waals surface area (Å²) in [7, 11) is 0. The second-order valence-corrected chi connectivity index (χ2v) is 4.24. The molecule has 0 bridgehead atoms. The molecule has 16 heavy (non-hydrogen) atoms. The molecule has 0 aliphatic rings. The van der Waals surface area contributed by atoms with Crippen molar-refractivity contribution in [1.29, 1.82) is 0 Å². The van der Waals surface area contributed by atoms with Gasteiger partial charge in [-0.05, 0) is 37.5 Å². The molecule has 0 aromatic heterocycles. The van der Waals surface area contributed by atoms with Crippen molar-refractivity contribution in [3.05, 3.63) is 34.3 Å². The lowest BCUT2D eigenvalue weighted by molar-refractivity contribution is -0.137. The molecular formula is C11H13ClF3N. The van der Waals surface area contributed by atoms with Crippen molar-refractivity contribution >= 4 is 11.6 Å². The predicted molar refractivity (Wildman–Crippen MR) is 58.4 cm³/mol. The molecule has 1 aromatic carbocycles. The highest BCUT2D eigenvalue weighted by Crippen LogP contribution is 2.35. The highest BCUT2D eigenvalue weighted by molar-refractivity contribution is 6.31. The number of hydrogen-bond acceptors (Lipinski definition) is 1. The Morgan fingerprint density at radius 3 is 2.44 bits per heavy atom. The molecule has 0 spiro atoms. The van der Waals surface area contributed by atoms with E-state index in [0.29, 0.717) is 6.42 Å². The van der Waals surface area contributed by atoms with Gasteiger partial charge in [-0.2, -0.15) is 13.2 Å². The van der Waals surface area contributed by atoms with Crippen molar-refractivity contribution in [2.24, 2.45) is 5.73 Å². The Balaban J connectivity index is 2.83. The minimum absolute atomic E-state index is 0.0288. The van der Waals surface area contributed by atoms with Crippen LogP contribution in [0.1, 0.15) is 24.5 Å². The van der Waals surface area contributed by atoms with E-state index in [2.05, 4.69) is 0 Å². The van der Waals surface area contributed by atoms with Gasteiger partial charge >= 0.3 is 6.18 Å². The standard InChI is InChI=1S/C11H13ClF3N/c1-7(16)2-3-8-4-5-9(10(12)6-8)11(13,14)15/h4-7H,2-3,16H2,1H3/t7-/m0/s1. The van der Waals surface area contributed by atoms with E-state index in [0.717, 1.165) is 18.1 Å². The van der Waals surface area contributed by atoms with Gasteiger partial charge in [-0.15, -0.1) is 0 Å². The lowest BCUT2D eigenvalue weighted by Gasteiger charge is -2.11. The first-order chi connectivity index (χ1) is 7.30. The second kappa shape index (κ2) is 5.06. The minimum atomic E-state index is -4.39. The Bertz CT molecular complexity index is 361. The third kappa shape index (κ3) is 3.68. The molecule has 0 saturated carbocycles. The molecule has 1 aromatic rings. The van der Waals surface area contributed by atoms with E-state index in [1.807, 2.05) is 6.92 Å². The number of halogens is 4. The Hall–Kier alpha value is -0.740. The summed E-state index contributed by atoms with van der Waals surface area (Å²) in [5.41, 5.74) is 5.55. The summed E-state index contributed by atoms with van der Waals surface area (Å²) in [4.78, 5) is 0. The number of aryl methyl sites for hydroxylation is 1. The summed E-state index contributed by atoms with van der Waals surface area (Å²) < 4.78 is 37.2. The first kappa shape index (κ1) is 13.3. The van der Waals surface area contributed by atoms with Gasteiger partial charge in [-0.3, -0.25) is 0 Å². The molecule has 5 heteroatoms. The fraction of sp³-hybridized carbons (Fsp3) is 0.455. The zero-order valence-corrected chi connectivity index (χ0v) is 9.57. The minimum Gasteiger partial charge on any atom is -0.328 e. The molecule has 0 fully saturated rings. The third-order valence-electron chi connectivity index (χ3n) is 2.23. The van der Waals surface area contributed by atoms with Crippen LogP contribution in [0.5, 0.6) is 0 Å². The zero-order chi connectivity index (χ0) is 12.3. The van der Waals surface area contributed by atoms with E-state index in [9.17, 15) is 13.2 Å². The molecular weight excluding hydrogens is 239 g/mol. The largest absolute Gasteiger partial charge is 0.417 e. The Morgan fingerprint density at radius 1 is 1.38 bits per heavy atom. The van der Waals surface area contributed by atoms with Crippen LogP contribution in [0.3, 0.4) is 0 Å². The summed E-state index contributed by atoms with van der Waals surface area (Å²) in [6, 6.07) is 3.84. The van der Waals surface area contributed by atoms with Crippen molar-refractivity contribution in [1.82, 2.24) is 0 Å². The van der Waals surface area contributed by atoms with Crippen LogP contribution in [0, 0.1) is 0 Å². The average Bonchev–Trinajstić information content (AvgIpc) is 2.12. The average molecular weight is 252 g/mol. The Morgan fingerprint density at radius 2 is 2.00 bits per heavy atom. The number of nitrogens with two attached hydrogens (primary N) is 1. The normalized spacial score (nSPS) is 13.9. The zero-order valence-electron chi connectivity index (χ0n) is 8.81. The summed E-state index contributed by atoms with van der Waals surface area (Å²) in [6.45, 7) is 1.85. The van der Waals surface area contributed by atoms with Crippen LogP contribution in [0.25, 0.3) is 0 Å². The van der Waals surface area contributed by atoms with Crippen LogP contribution in [-0.4, -0.2) is 6.04 Å². The first-order valence-electron chi connectivity index (χ1n) is 4.92. The fourth-order valence-electron chi connectivity index (χ4n) is 1.34. The molecule has 0 radical (unpaired) electrons. The van der Waals surface area contributed by atoms with E-state index >= 15 is 0 Å². The van der Waals surface area contributed by atoms with E-state index in [1.54, 1.807) is 0 Å². The highest BCUT2D eigenvalue weighted by Gasteiger charge is 2.32. The molecule has 2 N–H and O–H groups in total. The van der Waals surface area contributed by atoms with E-state index in [4.69, 9.17) is 17.3 Å². The number of hydrogen-bond donors (Lipinski definition) is 1. The molecule has 0 unspecified atom stereocenters. The fourth-order valence-corrected chi connectivity index (χ4v) is 1.65. The van der Waals surface area contributed by atoms with Gasteiger partial charge in [-0.1, -0.05) is 17.7 Å². The molecule has 0 aliphatic carbocycles. The molecule has 1 nitrogen and oxygen atoms in total. The Labute approximate surface area is 97.4 Å². The highest BCUT2D eigenvalue weighted by atomic mass is 35.5. The van der Waals surface area contributed by atoms with E-state index < -0.39 is 11.7 Å². The van der Waals surface area contributed by atoms with Crippen LogP contribution in [0.2, 0.25) is 5.02 Å². The maximum atomic E-state index is 12.4. The van der Waals surface area contributed by atoms with E-state index in [1.165, 1.54) is 12.1 Å². The maximum absolute atomic E-state index is 12.4. The van der Waals surface area contributed by atoms with Crippen LogP contribution in [0.4, 0.5) is 13.2 Å². The van der Waals surface area contributed by atoms with Gasteiger partial charge in [0.05, 0.1) is 10.6 Å². The van der Waals surface area contributed by atoms with Gasteiger partial charge in [0.25, 0.3) is 0 Å². The third-order valence-corrected chi connectivity index (χ3v) is 2.54. The molecule has 90 valence electrons. The van der Waals surface area contributed by atoms with Crippen molar-refractivity contribution in [3.8, 4) is 0 Å². The molecule has 0 heterocycles. The number of benzene rings is 1. The van der Waals surface area contributed by atoms with Crippen molar-refractivity contribution in [2.45, 2.75) is 32.0 Å². The summed E-state index contributed by atoms with van der Waals surface area (Å²) in [5, 5.41) is -0.255. The maximum Gasteiger partial charge on any atom is 0.417 e. The molecule has 1 rings (SSSR count). The molecule has 0 saturated heterocycles. The number of alkyl halides is 3. The van der Waals surface area contributed by atoms with Gasteiger partial charge < -0.3 is 5.73 Å². The molecule has 1 atom stereocenters. The number of rotatable bonds is 3. The van der Waals surface area contributed by atoms with Crippen molar-refractivity contribution < 1.29 is 13.2 Å². The van der Waals surface area contributed by atoms with Gasteiger partial charge in [0.1, 0.15) is 0 Å². The topological polar surface area (TPSA) is 26.0 Å². The SMILES string of the molecule is C[C@H](N)CCc1ccc(C(F)(F)F)c(Cl)c1. The van der Waals surface area contributed by atoms with Crippen LogP contribution in [-0.2, 0) is 12.6 Å². The second-order valence-electron chi connectivity index (χ2n) is 3.83. The van der Waals surface area contributed by atoms with Crippen LogP contribution < -0.4 is 5.73 Å². The Kier molecular flexibility index (Phi) is 4.21.